The molecule has 2 aromatic rings. The second-order valence-corrected chi connectivity index (χ2v) is 8.72. The zero-order valence-electron chi connectivity index (χ0n) is 14.1. The first-order valence-electron chi connectivity index (χ1n) is 8.70. The third-order valence-corrected chi connectivity index (χ3v) is 6.70. The van der Waals surface area contributed by atoms with Crippen LogP contribution in [0.2, 0.25) is 0 Å². The highest BCUT2D eigenvalue weighted by Gasteiger charge is 2.41. The van der Waals surface area contributed by atoms with Gasteiger partial charge in [0, 0.05) is 19.6 Å². The van der Waals surface area contributed by atoms with E-state index in [0.29, 0.717) is 17.1 Å². The van der Waals surface area contributed by atoms with E-state index in [0.717, 1.165) is 32.5 Å². The summed E-state index contributed by atoms with van der Waals surface area (Å²) in [5.41, 5.74) is 1.81. The lowest BCUT2D eigenvalue weighted by Gasteiger charge is -2.41. The van der Waals surface area contributed by atoms with Gasteiger partial charge in [0.25, 0.3) is 0 Å². The van der Waals surface area contributed by atoms with Crippen molar-refractivity contribution in [2.24, 2.45) is 0 Å². The largest absolute Gasteiger partial charge is 0.593 e. The summed E-state index contributed by atoms with van der Waals surface area (Å²) in [4.78, 5) is 2.78. The van der Waals surface area contributed by atoms with Crippen LogP contribution in [-0.2, 0) is 21.2 Å². The van der Waals surface area contributed by atoms with E-state index < -0.39 is 10.4 Å². The Bertz CT molecular complexity index is 788. The fraction of sp³-hybridized carbons (Fsp3) is 0.368. The van der Waals surface area contributed by atoms with Gasteiger partial charge in [-0.15, -0.1) is 4.72 Å². The molecule has 1 spiro atoms. The van der Waals surface area contributed by atoms with E-state index in [2.05, 4.69) is 39.2 Å². The quantitative estimate of drug-likeness (QED) is 0.811. The number of anilines is 1. The van der Waals surface area contributed by atoms with Crippen molar-refractivity contribution in [1.29, 1.82) is 0 Å². The van der Waals surface area contributed by atoms with Crippen molar-refractivity contribution in [2.45, 2.75) is 29.8 Å². The minimum Gasteiger partial charge on any atom is -0.593 e. The summed E-state index contributed by atoms with van der Waals surface area (Å²) < 4.78 is 27.7. The first-order valence-corrected chi connectivity index (χ1v) is 10.2. The molecule has 2 aliphatic heterocycles. The second kappa shape index (κ2) is 6.53. The third kappa shape index (κ3) is 3.48. The van der Waals surface area contributed by atoms with Gasteiger partial charge >= 0.3 is 0 Å². The predicted octanol–water partition coefficient (Wildman–Crippen LogP) is 2.64. The predicted molar refractivity (Wildman–Crippen MR) is 98.8 cm³/mol. The molecule has 1 fully saturated rings. The van der Waals surface area contributed by atoms with Crippen molar-refractivity contribution in [3.63, 3.8) is 0 Å². The van der Waals surface area contributed by atoms with Gasteiger partial charge in [-0.3, -0.25) is 4.90 Å². The van der Waals surface area contributed by atoms with E-state index in [1.54, 1.807) is 12.1 Å². The first-order chi connectivity index (χ1) is 12.1. The molecule has 0 bridgehead atoms. The van der Waals surface area contributed by atoms with Crippen LogP contribution in [0.25, 0.3) is 0 Å². The molecule has 6 heteroatoms. The number of benzene rings is 2. The van der Waals surface area contributed by atoms with Gasteiger partial charge in [-0.2, -0.15) is 0 Å². The maximum atomic E-state index is 12.5. The average molecular weight is 357 g/mol. The van der Waals surface area contributed by atoms with Crippen molar-refractivity contribution < 1.29 is 8.76 Å². The molecule has 2 heterocycles. The van der Waals surface area contributed by atoms with Crippen LogP contribution < -0.4 is 10.0 Å². The number of hydrogen-bond acceptors (Lipinski definition) is 4. The zero-order chi connectivity index (χ0) is 17.3. The number of fused-ring (bicyclic) bond motifs is 1. The SMILES string of the molecule is O=[S+]1([O-])NCC2(CCN(Cc3ccccc3)CC2)Nc2ccccc21. The number of nitrogens with one attached hydrogen (secondary N) is 2. The Labute approximate surface area is 149 Å². The maximum absolute atomic E-state index is 12.5. The summed E-state index contributed by atoms with van der Waals surface area (Å²) in [5, 5.41) is 3.55. The molecule has 2 aromatic carbocycles. The Morgan fingerprint density at radius 3 is 2.48 bits per heavy atom. The molecule has 132 valence electrons. The van der Waals surface area contributed by atoms with Crippen LogP contribution in [-0.4, -0.2) is 34.6 Å². The first kappa shape index (κ1) is 16.7. The van der Waals surface area contributed by atoms with Crippen LogP contribution in [0, 0.1) is 0 Å². The molecule has 0 amide bonds. The van der Waals surface area contributed by atoms with Crippen molar-refractivity contribution in [3.8, 4) is 0 Å². The molecular weight excluding hydrogens is 334 g/mol. The van der Waals surface area contributed by atoms with Crippen LogP contribution in [0.3, 0.4) is 0 Å². The normalized spacial score (nSPS) is 25.8. The van der Waals surface area contributed by atoms with E-state index in [1.165, 1.54) is 5.56 Å². The highest BCUT2D eigenvalue weighted by Crippen LogP contribution is 2.34. The molecule has 2 N–H and O–H groups in total. The van der Waals surface area contributed by atoms with Gasteiger partial charge in [-0.1, -0.05) is 46.7 Å². The molecular formula is C19H23N3O2S. The van der Waals surface area contributed by atoms with Crippen molar-refractivity contribution in [1.82, 2.24) is 9.62 Å². The number of likely N-dealkylation sites (tertiary alicyclic amines) is 1. The molecule has 0 radical (unpaired) electrons. The van der Waals surface area contributed by atoms with Gasteiger partial charge in [0.2, 0.25) is 0 Å². The second-order valence-electron chi connectivity index (χ2n) is 6.99. The van der Waals surface area contributed by atoms with Gasteiger partial charge < -0.3 is 9.87 Å². The molecule has 1 saturated heterocycles. The number of sulfonamides is 1. The summed E-state index contributed by atoms with van der Waals surface area (Å²) in [6.45, 7) is 3.28. The van der Waals surface area contributed by atoms with Gasteiger partial charge in [-0.05, 0) is 30.5 Å². The van der Waals surface area contributed by atoms with E-state index in [1.807, 2.05) is 18.2 Å². The Morgan fingerprint density at radius 1 is 1.04 bits per heavy atom. The van der Waals surface area contributed by atoms with E-state index in [-0.39, 0.29) is 5.54 Å². The number of rotatable bonds is 2. The molecule has 0 aliphatic carbocycles. The van der Waals surface area contributed by atoms with Gasteiger partial charge in [-0.25, -0.2) is 0 Å². The Hall–Kier alpha value is -1.73. The summed E-state index contributed by atoms with van der Waals surface area (Å²) in [6, 6.07) is 17.6. The van der Waals surface area contributed by atoms with Gasteiger partial charge in [0.05, 0.1) is 17.8 Å². The number of para-hydroxylation sites is 1. The average Bonchev–Trinajstić information content (AvgIpc) is 2.74. The van der Waals surface area contributed by atoms with Crippen LogP contribution in [0.4, 0.5) is 5.69 Å². The van der Waals surface area contributed by atoms with Crippen molar-refractivity contribution in [2.75, 3.05) is 25.0 Å². The van der Waals surface area contributed by atoms with E-state index in [9.17, 15) is 8.76 Å². The van der Waals surface area contributed by atoms with Crippen molar-refractivity contribution in [3.05, 3.63) is 60.2 Å². The topological polar surface area (TPSA) is 67.4 Å². The minimum atomic E-state index is -3.44. The van der Waals surface area contributed by atoms with E-state index in [4.69, 9.17) is 0 Å². The highest BCUT2D eigenvalue weighted by atomic mass is 32.3. The Kier molecular flexibility index (Phi) is 4.37. The highest BCUT2D eigenvalue weighted by molar-refractivity contribution is 7.96. The summed E-state index contributed by atoms with van der Waals surface area (Å²) in [7, 11) is -3.44. The fourth-order valence-electron chi connectivity index (χ4n) is 3.73. The fourth-order valence-corrected chi connectivity index (χ4v) is 5.02. The maximum Gasteiger partial charge on any atom is 0.198 e. The minimum absolute atomic E-state index is 0.215. The van der Waals surface area contributed by atoms with E-state index >= 15 is 0 Å². The lowest BCUT2D eigenvalue weighted by Crippen LogP contribution is -2.54. The lowest BCUT2D eigenvalue weighted by molar-refractivity contribution is 0.168. The molecule has 1 atom stereocenters. The Morgan fingerprint density at radius 2 is 1.72 bits per heavy atom. The van der Waals surface area contributed by atoms with Crippen LogP contribution in [0.15, 0.2) is 59.5 Å². The van der Waals surface area contributed by atoms with Crippen LogP contribution >= 0.6 is 0 Å². The molecule has 4 rings (SSSR count). The van der Waals surface area contributed by atoms with Gasteiger partial charge in [0.1, 0.15) is 0 Å². The standard InChI is InChI=1S/C19H23N3O2S/c23-25(24)18-9-5-4-8-17(18)21-19(15-20-25)10-12-22(13-11-19)14-16-6-2-1-3-7-16/h1-9,21H,10-15H2,(H-,20,23,24). The van der Waals surface area contributed by atoms with Crippen molar-refractivity contribution >= 4 is 16.1 Å². The van der Waals surface area contributed by atoms with Crippen LogP contribution in [0.1, 0.15) is 18.4 Å². The smallest absolute Gasteiger partial charge is 0.198 e. The number of hydrogen-bond donors (Lipinski definition) is 2. The molecule has 1 unspecified atom stereocenters. The summed E-state index contributed by atoms with van der Waals surface area (Å²) in [5.74, 6) is 0. The third-order valence-electron chi connectivity index (χ3n) is 5.24. The molecule has 0 saturated carbocycles. The molecule has 0 aromatic heterocycles. The Balaban J connectivity index is 1.49. The van der Waals surface area contributed by atoms with Crippen LogP contribution in [0.5, 0.6) is 0 Å². The molecule has 5 nitrogen and oxygen atoms in total. The summed E-state index contributed by atoms with van der Waals surface area (Å²) in [6.07, 6.45) is 1.83. The zero-order valence-corrected chi connectivity index (χ0v) is 14.9. The number of piperidine rings is 1. The summed E-state index contributed by atoms with van der Waals surface area (Å²) >= 11 is 0. The molecule has 2 aliphatic rings. The molecule has 25 heavy (non-hydrogen) atoms. The number of nitrogens with zero attached hydrogens (tertiary/aromatic N) is 1. The lowest BCUT2D eigenvalue weighted by atomic mass is 9.87. The van der Waals surface area contributed by atoms with Gasteiger partial charge in [0.15, 0.2) is 15.3 Å². The monoisotopic (exact) mass is 357 g/mol.